The number of hydrogen-bond donors (Lipinski definition) is 1. The first-order valence-corrected chi connectivity index (χ1v) is 6.85. The van der Waals surface area contributed by atoms with E-state index in [9.17, 15) is 5.11 Å². The van der Waals surface area contributed by atoms with E-state index in [0.717, 1.165) is 19.3 Å². The van der Waals surface area contributed by atoms with E-state index in [1.165, 1.54) is 6.42 Å². The highest BCUT2D eigenvalue weighted by atomic mass is 16.5. The van der Waals surface area contributed by atoms with Gasteiger partial charge in [0.15, 0.2) is 0 Å². The van der Waals surface area contributed by atoms with E-state index in [2.05, 4.69) is 20.4 Å². The Morgan fingerprint density at radius 2 is 2.18 bits per heavy atom. The van der Waals surface area contributed by atoms with Crippen molar-refractivity contribution in [2.75, 3.05) is 6.61 Å². The summed E-state index contributed by atoms with van der Waals surface area (Å²) in [5.41, 5.74) is -0.830. The monoisotopic (exact) mass is 240 g/mol. The minimum Gasteiger partial charge on any atom is -0.387 e. The Hall–Kier alpha value is -0.340. The van der Waals surface area contributed by atoms with Crippen molar-refractivity contribution in [1.82, 2.24) is 0 Å². The molecule has 17 heavy (non-hydrogen) atoms. The van der Waals surface area contributed by atoms with E-state index in [0.29, 0.717) is 12.5 Å². The van der Waals surface area contributed by atoms with Crippen LogP contribution in [0.15, 0.2) is 12.7 Å². The summed E-state index contributed by atoms with van der Waals surface area (Å²) in [5.74, 6) is 0.502. The smallest absolute Gasteiger partial charge is 0.0958 e. The molecule has 0 aromatic heterocycles. The van der Waals surface area contributed by atoms with Crippen LogP contribution in [0.1, 0.15) is 53.4 Å². The fraction of sp³-hybridized carbons (Fsp3) is 0.867. The van der Waals surface area contributed by atoms with Crippen LogP contribution in [0, 0.1) is 11.3 Å². The second-order valence-corrected chi connectivity index (χ2v) is 5.86. The van der Waals surface area contributed by atoms with Gasteiger partial charge in [0.05, 0.1) is 11.7 Å². The summed E-state index contributed by atoms with van der Waals surface area (Å²) in [7, 11) is 0. The maximum absolute atomic E-state index is 11.0. The van der Waals surface area contributed by atoms with E-state index in [1.54, 1.807) is 0 Å². The molecule has 0 aliphatic heterocycles. The fourth-order valence-corrected chi connectivity index (χ4v) is 3.38. The molecule has 1 unspecified atom stereocenters. The quantitative estimate of drug-likeness (QED) is 0.745. The number of allylic oxidation sites excluding steroid dienone is 1. The van der Waals surface area contributed by atoms with Gasteiger partial charge in [0.25, 0.3) is 0 Å². The number of ether oxygens (including phenoxy) is 1. The van der Waals surface area contributed by atoms with Gasteiger partial charge in [-0.2, -0.15) is 0 Å². The molecule has 2 heteroatoms. The Labute approximate surface area is 106 Å². The first kappa shape index (κ1) is 14.7. The molecule has 0 radical (unpaired) electrons. The highest BCUT2D eigenvalue weighted by molar-refractivity contribution is 5.05. The Kier molecular flexibility index (Phi) is 4.79. The van der Waals surface area contributed by atoms with Gasteiger partial charge in [0.1, 0.15) is 0 Å². The van der Waals surface area contributed by atoms with Crippen molar-refractivity contribution in [3.05, 3.63) is 12.7 Å². The van der Waals surface area contributed by atoms with Crippen LogP contribution in [0.3, 0.4) is 0 Å². The third kappa shape index (κ3) is 2.58. The van der Waals surface area contributed by atoms with E-state index in [-0.39, 0.29) is 11.5 Å². The van der Waals surface area contributed by atoms with Crippen LogP contribution in [0.4, 0.5) is 0 Å². The zero-order valence-corrected chi connectivity index (χ0v) is 11.8. The lowest BCUT2D eigenvalue weighted by Gasteiger charge is -2.53. The minimum absolute atomic E-state index is 0.102. The SMILES string of the molecule is C=CC[C@@H]1CCC[C@@](O)(C(C)OCC)C1(C)C. The van der Waals surface area contributed by atoms with Crippen molar-refractivity contribution in [3.8, 4) is 0 Å². The predicted octanol–water partition coefficient (Wildman–Crippen LogP) is 3.54. The van der Waals surface area contributed by atoms with Crippen molar-refractivity contribution in [2.24, 2.45) is 11.3 Å². The maximum Gasteiger partial charge on any atom is 0.0958 e. The molecule has 3 atom stereocenters. The summed E-state index contributed by atoms with van der Waals surface area (Å²) < 4.78 is 5.67. The highest BCUT2D eigenvalue weighted by Crippen LogP contribution is 2.51. The molecule has 1 fully saturated rings. The molecular weight excluding hydrogens is 212 g/mol. The molecule has 1 aliphatic rings. The van der Waals surface area contributed by atoms with Gasteiger partial charge in [-0.15, -0.1) is 6.58 Å². The van der Waals surface area contributed by atoms with Crippen LogP contribution in [-0.2, 0) is 4.74 Å². The molecular formula is C15H28O2. The Morgan fingerprint density at radius 3 is 2.71 bits per heavy atom. The van der Waals surface area contributed by atoms with Crippen molar-refractivity contribution < 1.29 is 9.84 Å². The summed E-state index contributed by atoms with van der Waals surface area (Å²) in [6.45, 7) is 12.8. The average Bonchev–Trinajstić information content (AvgIpc) is 2.26. The Bertz CT molecular complexity index is 260. The van der Waals surface area contributed by atoms with E-state index >= 15 is 0 Å². The third-order valence-electron chi connectivity index (χ3n) is 4.79. The average molecular weight is 240 g/mol. The summed E-state index contributed by atoms with van der Waals surface area (Å²) >= 11 is 0. The largest absolute Gasteiger partial charge is 0.387 e. The fourth-order valence-electron chi connectivity index (χ4n) is 3.38. The first-order chi connectivity index (χ1) is 7.90. The van der Waals surface area contributed by atoms with Crippen molar-refractivity contribution in [3.63, 3.8) is 0 Å². The van der Waals surface area contributed by atoms with Crippen LogP contribution in [0.2, 0.25) is 0 Å². The van der Waals surface area contributed by atoms with Crippen molar-refractivity contribution >= 4 is 0 Å². The van der Waals surface area contributed by atoms with Crippen LogP contribution in [0.5, 0.6) is 0 Å². The predicted molar refractivity (Wildman–Crippen MR) is 72.0 cm³/mol. The summed E-state index contributed by atoms with van der Waals surface area (Å²) in [5, 5.41) is 11.0. The van der Waals surface area contributed by atoms with Gasteiger partial charge in [0.2, 0.25) is 0 Å². The molecule has 0 saturated heterocycles. The van der Waals surface area contributed by atoms with Gasteiger partial charge in [-0.25, -0.2) is 0 Å². The molecule has 0 aromatic carbocycles. The van der Waals surface area contributed by atoms with Crippen LogP contribution in [0.25, 0.3) is 0 Å². The highest BCUT2D eigenvalue weighted by Gasteiger charge is 2.53. The van der Waals surface area contributed by atoms with Gasteiger partial charge in [0, 0.05) is 6.61 Å². The lowest BCUT2D eigenvalue weighted by molar-refractivity contribution is -0.197. The van der Waals surface area contributed by atoms with Crippen LogP contribution in [-0.4, -0.2) is 23.4 Å². The maximum atomic E-state index is 11.0. The van der Waals surface area contributed by atoms with Gasteiger partial charge in [-0.3, -0.25) is 0 Å². The Morgan fingerprint density at radius 1 is 1.53 bits per heavy atom. The molecule has 2 nitrogen and oxygen atoms in total. The lowest BCUT2D eigenvalue weighted by Crippen LogP contribution is -2.58. The molecule has 0 heterocycles. The van der Waals surface area contributed by atoms with E-state index < -0.39 is 5.60 Å². The molecule has 1 saturated carbocycles. The molecule has 1 rings (SSSR count). The molecule has 1 aliphatic carbocycles. The van der Waals surface area contributed by atoms with Gasteiger partial charge < -0.3 is 9.84 Å². The van der Waals surface area contributed by atoms with Gasteiger partial charge >= 0.3 is 0 Å². The molecule has 100 valence electrons. The minimum atomic E-state index is -0.713. The standard InChI is InChI=1S/C15H28O2/c1-6-9-13-10-8-11-15(16,14(13,4)5)12(3)17-7-2/h6,12-13,16H,1,7-11H2,2-5H3/t12?,13-,15-/m1/s1. The number of aliphatic hydroxyl groups is 1. The second-order valence-electron chi connectivity index (χ2n) is 5.86. The van der Waals surface area contributed by atoms with E-state index in [4.69, 9.17) is 4.74 Å². The zero-order valence-electron chi connectivity index (χ0n) is 11.8. The van der Waals surface area contributed by atoms with E-state index in [1.807, 2.05) is 19.9 Å². The molecule has 0 amide bonds. The van der Waals surface area contributed by atoms with Gasteiger partial charge in [-0.05, 0) is 44.4 Å². The number of hydrogen-bond acceptors (Lipinski definition) is 2. The van der Waals surface area contributed by atoms with Crippen molar-refractivity contribution in [1.29, 1.82) is 0 Å². The number of rotatable bonds is 5. The topological polar surface area (TPSA) is 29.5 Å². The summed E-state index contributed by atoms with van der Waals surface area (Å²) in [6, 6.07) is 0. The molecule has 0 bridgehead atoms. The Balaban J connectivity index is 2.92. The van der Waals surface area contributed by atoms with Gasteiger partial charge in [-0.1, -0.05) is 26.3 Å². The van der Waals surface area contributed by atoms with Crippen molar-refractivity contribution in [2.45, 2.75) is 65.1 Å². The first-order valence-electron chi connectivity index (χ1n) is 6.85. The summed E-state index contributed by atoms with van der Waals surface area (Å²) in [6.07, 6.45) is 5.96. The summed E-state index contributed by atoms with van der Waals surface area (Å²) in [4.78, 5) is 0. The third-order valence-corrected chi connectivity index (χ3v) is 4.79. The molecule has 1 N–H and O–H groups in total. The molecule has 0 spiro atoms. The van der Waals surface area contributed by atoms with Crippen LogP contribution < -0.4 is 0 Å². The zero-order chi connectivity index (χ0) is 13.1. The normalized spacial score (nSPS) is 34.3. The second kappa shape index (κ2) is 5.53. The molecule has 0 aromatic rings. The lowest BCUT2D eigenvalue weighted by atomic mass is 9.57. The van der Waals surface area contributed by atoms with Crippen LogP contribution >= 0.6 is 0 Å².